The molecule has 14 heavy (non-hydrogen) atoms. The van der Waals surface area contributed by atoms with Crippen LogP contribution >= 0.6 is 0 Å². The third-order valence-electron chi connectivity index (χ3n) is 1.86. The lowest BCUT2D eigenvalue weighted by Gasteiger charge is -2.28. The van der Waals surface area contributed by atoms with Crippen molar-refractivity contribution in [3.05, 3.63) is 12.3 Å². The highest BCUT2D eigenvalue weighted by Gasteiger charge is 2.08. The van der Waals surface area contributed by atoms with Gasteiger partial charge in [-0.2, -0.15) is 0 Å². The summed E-state index contributed by atoms with van der Waals surface area (Å²) in [6, 6.07) is 0.779. The number of esters is 1. The average molecular weight is 199 g/mol. The number of carbonyl (C=O) groups excluding carboxylic acids is 1. The Labute approximate surface area is 86.7 Å². The molecule has 0 aromatic rings. The molecule has 3 nitrogen and oxygen atoms in total. The number of hydrogen-bond acceptors (Lipinski definition) is 3. The van der Waals surface area contributed by atoms with Gasteiger partial charge in [0, 0.05) is 24.4 Å². The van der Waals surface area contributed by atoms with Crippen molar-refractivity contribution >= 4 is 5.97 Å². The molecule has 0 aromatic carbocycles. The van der Waals surface area contributed by atoms with Crippen molar-refractivity contribution in [2.24, 2.45) is 0 Å². The van der Waals surface area contributed by atoms with Crippen molar-refractivity contribution in [2.45, 2.75) is 46.7 Å². The van der Waals surface area contributed by atoms with Crippen LogP contribution in [-0.4, -0.2) is 29.6 Å². The first kappa shape index (κ1) is 13.0. The molecule has 0 unspecified atom stereocenters. The second-order valence-electron chi connectivity index (χ2n) is 3.70. The molecular weight excluding hydrogens is 178 g/mol. The molecule has 0 aliphatic heterocycles. The maximum Gasteiger partial charge on any atom is 0.332 e. The van der Waals surface area contributed by atoms with Gasteiger partial charge in [0.1, 0.15) is 0 Å². The van der Waals surface area contributed by atoms with Crippen molar-refractivity contribution in [3.63, 3.8) is 0 Å². The Morgan fingerprint density at radius 2 is 1.79 bits per heavy atom. The average Bonchev–Trinajstić information content (AvgIpc) is 2.03. The lowest BCUT2D eigenvalue weighted by atomic mass is 10.2. The standard InChI is InChI=1S/C11H21NO2/c1-6-14-11(13)7-8-12(9(2)3)10(4)5/h7-10H,6H2,1-5H3. The zero-order valence-electron chi connectivity index (χ0n) is 9.78. The van der Waals surface area contributed by atoms with Crippen molar-refractivity contribution in [1.82, 2.24) is 4.90 Å². The Morgan fingerprint density at radius 1 is 1.29 bits per heavy atom. The van der Waals surface area contributed by atoms with E-state index in [9.17, 15) is 4.79 Å². The minimum absolute atomic E-state index is 0.279. The molecule has 0 rings (SSSR count). The summed E-state index contributed by atoms with van der Waals surface area (Å²) in [7, 11) is 0. The van der Waals surface area contributed by atoms with E-state index in [-0.39, 0.29) is 5.97 Å². The van der Waals surface area contributed by atoms with E-state index in [1.165, 1.54) is 6.08 Å². The van der Waals surface area contributed by atoms with E-state index < -0.39 is 0 Å². The number of nitrogens with zero attached hydrogens (tertiary/aromatic N) is 1. The van der Waals surface area contributed by atoms with Gasteiger partial charge in [-0.3, -0.25) is 0 Å². The van der Waals surface area contributed by atoms with E-state index in [0.29, 0.717) is 18.7 Å². The summed E-state index contributed by atoms with van der Waals surface area (Å²) >= 11 is 0. The van der Waals surface area contributed by atoms with Crippen molar-refractivity contribution in [1.29, 1.82) is 0 Å². The predicted molar refractivity (Wildman–Crippen MR) is 57.9 cm³/mol. The van der Waals surface area contributed by atoms with Gasteiger partial charge < -0.3 is 9.64 Å². The molecule has 0 fully saturated rings. The SMILES string of the molecule is CCOC(=O)C=CN(C(C)C)C(C)C. The minimum atomic E-state index is -0.279. The first-order valence-electron chi connectivity index (χ1n) is 5.11. The first-order chi connectivity index (χ1) is 6.49. The molecule has 0 atom stereocenters. The van der Waals surface area contributed by atoms with Gasteiger partial charge in [0.2, 0.25) is 0 Å². The van der Waals surface area contributed by atoms with E-state index in [2.05, 4.69) is 32.6 Å². The largest absolute Gasteiger partial charge is 0.463 e. The Kier molecular flexibility index (Phi) is 6.00. The van der Waals surface area contributed by atoms with Gasteiger partial charge >= 0.3 is 5.97 Å². The molecule has 0 saturated carbocycles. The highest BCUT2D eigenvalue weighted by molar-refractivity contribution is 5.81. The molecular formula is C11H21NO2. The summed E-state index contributed by atoms with van der Waals surface area (Å²) < 4.78 is 4.80. The lowest BCUT2D eigenvalue weighted by Crippen LogP contribution is -2.32. The molecule has 3 heteroatoms. The zero-order valence-corrected chi connectivity index (χ0v) is 9.78. The van der Waals surface area contributed by atoms with Crippen LogP contribution in [0, 0.1) is 0 Å². The minimum Gasteiger partial charge on any atom is -0.463 e. The first-order valence-corrected chi connectivity index (χ1v) is 5.11. The van der Waals surface area contributed by atoms with Crippen molar-refractivity contribution < 1.29 is 9.53 Å². The zero-order chi connectivity index (χ0) is 11.1. The molecule has 0 radical (unpaired) electrons. The fourth-order valence-electron chi connectivity index (χ4n) is 1.28. The van der Waals surface area contributed by atoms with E-state index in [1.54, 1.807) is 13.1 Å². The number of hydrogen-bond donors (Lipinski definition) is 0. The van der Waals surface area contributed by atoms with Gasteiger partial charge in [-0.1, -0.05) is 0 Å². The monoisotopic (exact) mass is 199 g/mol. The molecule has 82 valence electrons. The highest BCUT2D eigenvalue weighted by atomic mass is 16.5. The third-order valence-corrected chi connectivity index (χ3v) is 1.86. The Morgan fingerprint density at radius 3 is 2.14 bits per heavy atom. The molecule has 0 spiro atoms. The van der Waals surface area contributed by atoms with Crippen LogP contribution < -0.4 is 0 Å². The molecule has 0 N–H and O–H groups in total. The number of rotatable bonds is 5. The summed E-state index contributed by atoms with van der Waals surface area (Å²) in [6.45, 7) is 10.6. The molecule has 0 bridgehead atoms. The summed E-state index contributed by atoms with van der Waals surface area (Å²) in [4.78, 5) is 13.2. The molecule has 0 aromatic heterocycles. The summed E-state index contributed by atoms with van der Waals surface area (Å²) in [5.41, 5.74) is 0. The number of carbonyl (C=O) groups is 1. The van der Waals surface area contributed by atoms with E-state index in [4.69, 9.17) is 4.74 Å². The summed E-state index contributed by atoms with van der Waals surface area (Å²) in [6.07, 6.45) is 3.27. The molecule has 0 saturated heterocycles. The van der Waals surface area contributed by atoms with E-state index in [1.807, 2.05) is 0 Å². The maximum absolute atomic E-state index is 11.1. The van der Waals surface area contributed by atoms with Crippen LogP contribution in [0.1, 0.15) is 34.6 Å². The van der Waals surface area contributed by atoms with E-state index >= 15 is 0 Å². The van der Waals surface area contributed by atoms with Crippen molar-refractivity contribution in [3.8, 4) is 0 Å². The van der Waals surface area contributed by atoms with Gasteiger partial charge in [0.25, 0.3) is 0 Å². The highest BCUT2D eigenvalue weighted by Crippen LogP contribution is 2.05. The smallest absolute Gasteiger partial charge is 0.332 e. The topological polar surface area (TPSA) is 29.5 Å². The molecule has 0 amide bonds. The second-order valence-corrected chi connectivity index (χ2v) is 3.70. The molecule has 0 aliphatic rings. The predicted octanol–water partition coefficient (Wildman–Crippen LogP) is 2.18. The Hall–Kier alpha value is -0.990. The van der Waals surface area contributed by atoms with E-state index in [0.717, 1.165) is 0 Å². The van der Waals surface area contributed by atoms with Crippen LogP contribution in [0.3, 0.4) is 0 Å². The van der Waals surface area contributed by atoms with Crippen LogP contribution in [0.2, 0.25) is 0 Å². The van der Waals surface area contributed by atoms with Gasteiger partial charge in [-0.15, -0.1) is 0 Å². The fraction of sp³-hybridized carbons (Fsp3) is 0.727. The lowest BCUT2D eigenvalue weighted by molar-refractivity contribution is -0.137. The van der Waals surface area contributed by atoms with Gasteiger partial charge in [-0.25, -0.2) is 4.79 Å². The van der Waals surface area contributed by atoms with Crippen LogP contribution in [0.4, 0.5) is 0 Å². The Bertz CT molecular complexity index is 189. The number of ether oxygens (including phenoxy) is 1. The quantitative estimate of drug-likeness (QED) is 0.502. The second kappa shape index (κ2) is 6.46. The molecule has 0 heterocycles. The van der Waals surface area contributed by atoms with Crippen LogP contribution in [0.5, 0.6) is 0 Å². The third kappa shape index (κ3) is 4.90. The summed E-state index contributed by atoms with van der Waals surface area (Å²) in [5, 5.41) is 0. The maximum atomic E-state index is 11.1. The van der Waals surface area contributed by atoms with Crippen LogP contribution in [0.25, 0.3) is 0 Å². The van der Waals surface area contributed by atoms with Gasteiger partial charge in [-0.05, 0) is 34.6 Å². The normalized spacial score (nSPS) is 11.4. The summed E-state index contributed by atoms with van der Waals surface area (Å²) in [5.74, 6) is -0.279. The van der Waals surface area contributed by atoms with Gasteiger partial charge in [0.15, 0.2) is 0 Å². The van der Waals surface area contributed by atoms with Crippen molar-refractivity contribution in [2.75, 3.05) is 6.61 Å². The Balaban J connectivity index is 4.22. The van der Waals surface area contributed by atoms with Gasteiger partial charge in [0.05, 0.1) is 6.61 Å². The molecule has 0 aliphatic carbocycles. The van der Waals surface area contributed by atoms with Crippen LogP contribution in [-0.2, 0) is 9.53 Å². The fourth-order valence-corrected chi connectivity index (χ4v) is 1.28. The van der Waals surface area contributed by atoms with Crippen LogP contribution in [0.15, 0.2) is 12.3 Å².